The van der Waals surface area contributed by atoms with Gasteiger partial charge >= 0.3 is 0 Å². The molecule has 86 valence electrons. The second-order valence-corrected chi connectivity index (χ2v) is 5.46. The summed E-state index contributed by atoms with van der Waals surface area (Å²) in [6.07, 6.45) is 5.29. The Morgan fingerprint density at radius 2 is 2.31 bits per heavy atom. The van der Waals surface area contributed by atoms with Gasteiger partial charge in [0, 0.05) is 17.5 Å². The third-order valence-electron chi connectivity index (χ3n) is 2.11. The molecule has 0 amide bonds. The first-order valence-electron chi connectivity index (χ1n) is 5.32. The lowest BCUT2D eigenvalue weighted by atomic mass is 10.3. The van der Waals surface area contributed by atoms with Gasteiger partial charge in [0.1, 0.15) is 5.01 Å². The van der Waals surface area contributed by atoms with Crippen molar-refractivity contribution in [1.29, 1.82) is 0 Å². The van der Waals surface area contributed by atoms with Gasteiger partial charge < -0.3 is 5.32 Å². The van der Waals surface area contributed by atoms with Crippen LogP contribution in [0.3, 0.4) is 0 Å². The minimum Gasteiger partial charge on any atom is -0.355 e. The van der Waals surface area contributed by atoms with Crippen molar-refractivity contribution in [1.82, 2.24) is 15.2 Å². The average Bonchev–Trinajstić information content (AvgIpc) is 2.95. The van der Waals surface area contributed by atoms with Gasteiger partial charge in [-0.15, -0.1) is 21.5 Å². The number of nitrogens with one attached hydrogen (secondary N) is 1. The van der Waals surface area contributed by atoms with Crippen LogP contribution in [0.1, 0.15) is 29.7 Å². The van der Waals surface area contributed by atoms with Gasteiger partial charge in [0.25, 0.3) is 0 Å². The van der Waals surface area contributed by atoms with Gasteiger partial charge in [-0.05, 0) is 6.42 Å². The van der Waals surface area contributed by atoms with E-state index in [1.807, 2.05) is 11.7 Å². The molecule has 0 spiro atoms. The summed E-state index contributed by atoms with van der Waals surface area (Å²) in [4.78, 5) is 5.24. The number of hydrogen-bond acceptors (Lipinski definition) is 6. The molecule has 0 aliphatic rings. The SMILES string of the molecule is CCCCc1nnc(NCc2cncs2)s1. The highest BCUT2D eigenvalue weighted by molar-refractivity contribution is 7.15. The second kappa shape index (κ2) is 5.91. The van der Waals surface area contributed by atoms with Crippen molar-refractivity contribution in [3.63, 3.8) is 0 Å². The van der Waals surface area contributed by atoms with Crippen LogP contribution in [0.25, 0.3) is 0 Å². The summed E-state index contributed by atoms with van der Waals surface area (Å²) in [7, 11) is 0. The Kier molecular flexibility index (Phi) is 4.24. The molecule has 2 heterocycles. The number of aryl methyl sites for hydroxylation is 1. The average molecular weight is 254 g/mol. The van der Waals surface area contributed by atoms with Gasteiger partial charge in [-0.1, -0.05) is 24.7 Å². The molecule has 0 bridgehead atoms. The summed E-state index contributed by atoms with van der Waals surface area (Å²) >= 11 is 3.29. The van der Waals surface area contributed by atoms with Crippen molar-refractivity contribution in [2.75, 3.05) is 5.32 Å². The van der Waals surface area contributed by atoms with E-state index in [0.717, 1.165) is 23.1 Å². The highest BCUT2D eigenvalue weighted by Crippen LogP contribution is 2.18. The molecule has 0 saturated carbocycles. The Balaban J connectivity index is 1.83. The normalized spacial score (nSPS) is 10.6. The van der Waals surface area contributed by atoms with Gasteiger partial charge in [-0.2, -0.15) is 0 Å². The molecule has 2 rings (SSSR count). The quantitative estimate of drug-likeness (QED) is 0.861. The number of hydrogen-bond donors (Lipinski definition) is 1. The molecule has 0 unspecified atom stereocenters. The molecule has 0 fully saturated rings. The van der Waals surface area contributed by atoms with E-state index in [4.69, 9.17) is 0 Å². The van der Waals surface area contributed by atoms with Crippen molar-refractivity contribution in [2.45, 2.75) is 32.7 Å². The Morgan fingerprint density at radius 1 is 1.38 bits per heavy atom. The Labute approximate surface area is 103 Å². The molecular weight excluding hydrogens is 240 g/mol. The van der Waals surface area contributed by atoms with Gasteiger partial charge in [-0.25, -0.2) is 0 Å². The van der Waals surface area contributed by atoms with E-state index >= 15 is 0 Å². The smallest absolute Gasteiger partial charge is 0.205 e. The fourth-order valence-electron chi connectivity index (χ4n) is 1.25. The van der Waals surface area contributed by atoms with E-state index in [2.05, 4.69) is 27.4 Å². The molecule has 1 N–H and O–H groups in total. The molecule has 2 aromatic heterocycles. The fraction of sp³-hybridized carbons (Fsp3) is 0.500. The summed E-state index contributed by atoms with van der Waals surface area (Å²) in [5.41, 5.74) is 1.84. The van der Waals surface area contributed by atoms with Crippen molar-refractivity contribution >= 4 is 27.8 Å². The van der Waals surface area contributed by atoms with Crippen LogP contribution in [0.5, 0.6) is 0 Å². The largest absolute Gasteiger partial charge is 0.355 e. The first-order chi connectivity index (χ1) is 7.88. The predicted octanol–water partition coefficient (Wildman–Crippen LogP) is 2.95. The van der Waals surface area contributed by atoms with Crippen LogP contribution < -0.4 is 5.32 Å². The van der Waals surface area contributed by atoms with Gasteiger partial charge in [0.05, 0.1) is 12.1 Å². The molecule has 16 heavy (non-hydrogen) atoms. The third-order valence-corrected chi connectivity index (χ3v) is 3.83. The molecule has 0 radical (unpaired) electrons. The van der Waals surface area contributed by atoms with Gasteiger partial charge in [0.15, 0.2) is 0 Å². The van der Waals surface area contributed by atoms with E-state index < -0.39 is 0 Å². The second-order valence-electron chi connectivity index (χ2n) is 3.43. The van der Waals surface area contributed by atoms with E-state index in [0.29, 0.717) is 0 Å². The molecule has 0 aliphatic heterocycles. The van der Waals surface area contributed by atoms with Crippen LogP contribution in [0.2, 0.25) is 0 Å². The summed E-state index contributed by atoms with van der Waals surface area (Å²) in [5, 5.41) is 13.5. The fourth-order valence-corrected chi connectivity index (χ4v) is 2.56. The Bertz CT molecular complexity index is 410. The number of rotatable bonds is 6. The minimum atomic E-state index is 0.785. The summed E-state index contributed by atoms with van der Waals surface area (Å²) in [6, 6.07) is 0. The summed E-state index contributed by atoms with van der Waals surface area (Å²) in [6.45, 7) is 2.97. The van der Waals surface area contributed by atoms with Gasteiger partial charge in [-0.3, -0.25) is 4.98 Å². The maximum atomic E-state index is 4.15. The zero-order chi connectivity index (χ0) is 11.2. The standard InChI is InChI=1S/C10H14N4S2/c1-2-3-4-9-13-14-10(16-9)12-6-8-5-11-7-15-8/h5,7H,2-4,6H2,1H3,(H,12,14). The first-order valence-corrected chi connectivity index (χ1v) is 7.01. The topological polar surface area (TPSA) is 50.7 Å². The number of thiazole rings is 1. The number of unbranched alkanes of at least 4 members (excludes halogenated alkanes) is 1. The lowest BCUT2D eigenvalue weighted by Crippen LogP contribution is -1.96. The van der Waals surface area contributed by atoms with Crippen LogP contribution in [-0.2, 0) is 13.0 Å². The van der Waals surface area contributed by atoms with Crippen molar-refractivity contribution in [3.05, 3.63) is 21.6 Å². The molecule has 0 saturated heterocycles. The molecular formula is C10H14N4S2. The lowest BCUT2D eigenvalue weighted by molar-refractivity contribution is 0.779. The number of anilines is 1. The third kappa shape index (κ3) is 3.24. The Morgan fingerprint density at radius 3 is 3.06 bits per heavy atom. The Hall–Kier alpha value is -1.01. The molecule has 4 nitrogen and oxygen atoms in total. The lowest BCUT2D eigenvalue weighted by Gasteiger charge is -1.96. The van der Waals surface area contributed by atoms with Crippen LogP contribution in [0.15, 0.2) is 11.7 Å². The van der Waals surface area contributed by atoms with E-state index in [1.54, 1.807) is 22.7 Å². The highest BCUT2D eigenvalue weighted by atomic mass is 32.1. The predicted molar refractivity (Wildman–Crippen MR) is 68.0 cm³/mol. The van der Waals surface area contributed by atoms with Crippen molar-refractivity contribution in [3.8, 4) is 0 Å². The zero-order valence-electron chi connectivity index (χ0n) is 9.14. The highest BCUT2D eigenvalue weighted by Gasteiger charge is 2.03. The number of nitrogens with zero attached hydrogens (tertiary/aromatic N) is 3. The zero-order valence-corrected chi connectivity index (χ0v) is 10.8. The van der Waals surface area contributed by atoms with E-state index in [1.165, 1.54) is 17.7 Å². The monoisotopic (exact) mass is 254 g/mol. The van der Waals surface area contributed by atoms with Crippen LogP contribution in [0, 0.1) is 0 Å². The summed E-state index contributed by atoms with van der Waals surface area (Å²) in [5.74, 6) is 0. The first kappa shape index (κ1) is 11.5. The molecule has 2 aromatic rings. The van der Waals surface area contributed by atoms with Crippen LogP contribution in [-0.4, -0.2) is 15.2 Å². The van der Waals surface area contributed by atoms with Crippen LogP contribution >= 0.6 is 22.7 Å². The molecule has 0 atom stereocenters. The molecule has 0 aromatic carbocycles. The van der Waals surface area contributed by atoms with Crippen molar-refractivity contribution in [2.24, 2.45) is 0 Å². The van der Waals surface area contributed by atoms with Crippen molar-refractivity contribution < 1.29 is 0 Å². The maximum absolute atomic E-state index is 4.15. The number of aromatic nitrogens is 3. The minimum absolute atomic E-state index is 0.785. The van der Waals surface area contributed by atoms with E-state index in [9.17, 15) is 0 Å². The van der Waals surface area contributed by atoms with E-state index in [-0.39, 0.29) is 0 Å². The molecule has 0 aliphatic carbocycles. The van der Waals surface area contributed by atoms with Crippen LogP contribution in [0.4, 0.5) is 5.13 Å². The maximum Gasteiger partial charge on any atom is 0.205 e. The van der Waals surface area contributed by atoms with Gasteiger partial charge in [0.2, 0.25) is 5.13 Å². The molecule has 6 heteroatoms. The summed E-state index contributed by atoms with van der Waals surface area (Å²) < 4.78 is 0.